The summed E-state index contributed by atoms with van der Waals surface area (Å²) in [6, 6.07) is 14.2. The number of nitrogens with zero attached hydrogens (tertiary/aromatic N) is 4. The van der Waals surface area contributed by atoms with Gasteiger partial charge in [-0.05, 0) is 23.3 Å². The standard InChI is InChI=1S/C17H15N5O3S/c18-15-16-20-21(9-11-5-1-2-6-12(11)10-26(24)25)17(23)22(16)14-8-4-3-7-13(14)19-15/h1-8H,9-10H2,(H2,18,19)(H,24,25)/p-1. The summed E-state index contributed by atoms with van der Waals surface area (Å²) in [4.78, 5) is 17.2. The first-order valence-corrected chi connectivity index (χ1v) is 9.05. The molecule has 1 unspecified atom stereocenters. The van der Waals surface area contributed by atoms with Crippen LogP contribution in [-0.4, -0.2) is 27.9 Å². The number of rotatable bonds is 4. The van der Waals surface area contributed by atoms with Crippen molar-refractivity contribution in [3.63, 3.8) is 0 Å². The second kappa shape index (κ2) is 6.36. The Bertz CT molecular complexity index is 1210. The second-order valence-electron chi connectivity index (χ2n) is 5.80. The maximum Gasteiger partial charge on any atom is 0.351 e. The highest BCUT2D eigenvalue weighted by Gasteiger charge is 2.15. The Morgan fingerprint density at radius 2 is 1.77 bits per heavy atom. The summed E-state index contributed by atoms with van der Waals surface area (Å²) in [7, 11) is 0. The number of nitrogens with two attached hydrogens (primary N) is 1. The highest BCUT2D eigenvalue weighted by atomic mass is 32.2. The number of hydrogen-bond donors (Lipinski definition) is 1. The lowest BCUT2D eigenvalue weighted by Crippen LogP contribution is -2.22. The minimum atomic E-state index is -2.22. The van der Waals surface area contributed by atoms with E-state index in [9.17, 15) is 13.6 Å². The Morgan fingerprint density at radius 1 is 1.08 bits per heavy atom. The van der Waals surface area contributed by atoms with Crippen LogP contribution in [0.1, 0.15) is 11.1 Å². The number of para-hydroxylation sites is 2. The van der Waals surface area contributed by atoms with Crippen molar-refractivity contribution in [1.29, 1.82) is 0 Å². The average Bonchev–Trinajstić information content (AvgIpc) is 2.94. The number of nitrogen functional groups attached to an aromatic ring is 1. The summed E-state index contributed by atoms with van der Waals surface area (Å²) in [6.07, 6.45) is 0. The third kappa shape index (κ3) is 2.76. The highest BCUT2D eigenvalue weighted by Crippen LogP contribution is 2.17. The van der Waals surface area contributed by atoms with Gasteiger partial charge in [-0.15, -0.1) is 5.10 Å². The molecule has 0 aliphatic rings. The predicted molar refractivity (Wildman–Crippen MR) is 97.3 cm³/mol. The zero-order valence-corrected chi connectivity index (χ0v) is 14.3. The minimum absolute atomic E-state index is 0.120. The summed E-state index contributed by atoms with van der Waals surface area (Å²) in [5.41, 5.74) is 8.43. The van der Waals surface area contributed by atoms with Crippen LogP contribution in [0.4, 0.5) is 5.82 Å². The van der Waals surface area contributed by atoms with Gasteiger partial charge in [-0.1, -0.05) is 47.5 Å². The Hall–Kier alpha value is -3.04. The molecule has 8 nitrogen and oxygen atoms in total. The number of aromatic nitrogens is 4. The van der Waals surface area contributed by atoms with Crippen molar-refractivity contribution >= 4 is 33.6 Å². The molecule has 2 aromatic heterocycles. The van der Waals surface area contributed by atoms with E-state index in [1.54, 1.807) is 36.4 Å². The molecule has 0 amide bonds. The lowest BCUT2D eigenvalue weighted by molar-refractivity contribution is 0.535. The lowest BCUT2D eigenvalue weighted by atomic mass is 10.1. The van der Waals surface area contributed by atoms with Gasteiger partial charge in [0.25, 0.3) is 0 Å². The Kier molecular flexibility index (Phi) is 4.02. The van der Waals surface area contributed by atoms with Gasteiger partial charge in [-0.25, -0.2) is 18.9 Å². The molecule has 2 N–H and O–H groups in total. The van der Waals surface area contributed by atoms with Gasteiger partial charge in [0.15, 0.2) is 5.82 Å². The fraction of sp³-hybridized carbons (Fsp3) is 0.118. The smallest absolute Gasteiger partial charge is 0.351 e. The molecule has 1 atom stereocenters. The first-order valence-electron chi connectivity index (χ1n) is 7.81. The van der Waals surface area contributed by atoms with Gasteiger partial charge < -0.3 is 10.3 Å². The van der Waals surface area contributed by atoms with Crippen molar-refractivity contribution in [2.75, 3.05) is 5.73 Å². The molecule has 0 fully saturated rings. The molecule has 9 heteroatoms. The largest absolute Gasteiger partial charge is 0.772 e. The van der Waals surface area contributed by atoms with Gasteiger partial charge in [0.2, 0.25) is 5.65 Å². The van der Waals surface area contributed by atoms with Crippen molar-refractivity contribution < 1.29 is 8.76 Å². The van der Waals surface area contributed by atoms with Crippen LogP contribution in [0.2, 0.25) is 0 Å². The molecule has 0 saturated carbocycles. The summed E-state index contributed by atoms with van der Waals surface area (Å²) in [6.45, 7) is 0.141. The molecule has 0 radical (unpaired) electrons. The molecular weight excluding hydrogens is 354 g/mol. The summed E-state index contributed by atoms with van der Waals surface area (Å²) in [5.74, 6) is 0.0405. The monoisotopic (exact) mass is 368 g/mol. The van der Waals surface area contributed by atoms with Crippen molar-refractivity contribution in [3.8, 4) is 0 Å². The van der Waals surface area contributed by atoms with Crippen LogP contribution in [0, 0.1) is 0 Å². The van der Waals surface area contributed by atoms with E-state index >= 15 is 0 Å². The fourth-order valence-corrected chi connectivity index (χ4v) is 3.50. The van der Waals surface area contributed by atoms with Crippen LogP contribution in [0.25, 0.3) is 16.7 Å². The van der Waals surface area contributed by atoms with Crippen molar-refractivity contribution in [1.82, 2.24) is 19.2 Å². The van der Waals surface area contributed by atoms with Crippen LogP contribution in [0.3, 0.4) is 0 Å². The number of fused-ring (bicyclic) bond motifs is 3. The zero-order chi connectivity index (χ0) is 18.3. The maximum atomic E-state index is 12.9. The Labute approximate surface area is 150 Å². The number of hydrogen-bond acceptors (Lipinski definition) is 6. The first-order chi connectivity index (χ1) is 12.5. The molecule has 0 aliphatic carbocycles. The minimum Gasteiger partial charge on any atom is -0.772 e. The normalized spacial score (nSPS) is 12.7. The van der Waals surface area contributed by atoms with E-state index in [1.165, 1.54) is 9.08 Å². The molecule has 4 aromatic rings. The molecule has 0 saturated heterocycles. The van der Waals surface area contributed by atoms with Crippen molar-refractivity contribution in [2.24, 2.45) is 0 Å². The third-order valence-corrected chi connectivity index (χ3v) is 4.69. The highest BCUT2D eigenvalue weighted by molar-refractivity contribution is 7.78. The summed E-state index contributed by atoms with van der Waals surface area (Å²) < 4.78 is 24.8. The Balaban J connectivity index is 1.88. The second-order valence-corrected chi connectivity index (χ2v) is 6.70. The molecular formula is C17H14N5O3S-. The quantitative estimate of drug-likeness (QED) is 0.538. The summed E-state index contributed by atoms with van der Waals surface area (Å²) >= 11 is -2.22. The van der Waals surface area contributed by atoms with Crippen LogP contribution in [-0.2, 0) is 23.4 Å². The number of anilines is 1. The SMILES string of the molecule is Nc1nc2ccccc2n2c(=O)n(Cc3ccccc3CS(=O)[O-])nc12. The topological polar surface area (TPSA) is 118 Å². The van der Waals surface area contributed by atoms with Gasteiger partial charge in [0.1, 0.15) is 0 Å². The third-order valence-electron chi connectivity index (χ3n) is 4.14. The van der Waals surface area contributed by atoms with E-state index < -0.39 is 11.1 Å². The van der Waals surface area contributed by atoms with Gasteiger partial charge in [-0.3, -0.25) is 4.21 Å². The lowest BCUT2D eigenvalue weighted by Gasteiger charge is -2.10. The average molecular weight is 368 g/mol. The van der Waals surface area contributed by atoms with Crippen molar-refractivity contribution in [2.45, 2.75) is 12.3 Å². The van der Waals surface area contributed by atoms with Crippen LogP contribution >= 0.6 is 0 Å². The van der Waals surface area contributed by atoms with Gasteiger partial charge >= 0.3 is 5.69 Å². The molecule has 4 rings (SSSR count). The molecule has 0 bridgehead atoms. The van der Waals surface area contributed by atoms with E-state index in [0.717, 1.165) is 0 Å². The van der Waals surface area contributed by atoms with Gasteiger partial charge in [0, 0.05) is 5.75 Å². The first kappa shape index (κ1) is 16.4. The van der Waals surface area contributed by atoms with E-state index in [0.29, 0.717) is 22.2 Å². The predicted octanol–water partition coefficient (Wildman–Crippen LogP) is 1.05. The molecule has 2 aromatic carbocycles. The van der Waals surface area contributed by atoms with E-state index in [2.05, 4.69) is 10.1 Å². The van der Waals surface area contributed by atoms with E-state index in [-0.39, 0.29) is 29.5 Å². The van der Waals surface area contributed by atoms with E-state index in [4.69, 9.17) is 5.73 Å². The Morgan fingerprint density at radius 3 is 2.54 bits per heavy atom. The van der Waals surface area contributed by atoms with Crippen LogP contribution in [0.5, 0.6) is 0 Å². The number of benzene rings is 2. The van der Waals surface area contributed by atoms with Gasteiger partial charge in [-0.2, -0.15) is 0 Å². The summed E-state index contributed by atoms with van der Waals surface area (Å²) in [5, 5.41) is 4.30. The molecule has 2 heterocycles. The van der Waals surface area contributed by atoms with E-state index in [1.807, 2.05) is 12.1 Å². The fourth-order valence-electron chi connectivity index (χ4n) is 2.96. The van der Waals surface area contributed by atoms with Gasteiger partial charge in [0.05, 0.1) is 17.6 Å². The molecule has 132 valence electrons. The van der Waals surface area contributed by atoms with Crippen LogP contribution in [0.15, 0.2) is 53.3 Å². The molecule has 0 aliphatic heterocycles. The molecule has 0 spiro atoms. The zero-order valence-electron chi connectivity index (χ0n) is 13.5. The molecule has 26 heavy (non-hydrogen) atoms. The van der Waals surface area contributed by atoms with Crippen LogP contribution < -0.4 is 11.4 Å². The van der Waals surface area contributed by atoms with Crippen molar-refractivity contribution in [3.05, 3.63) is 70.1 Å². The maximum absolute atomic E-state index is 12.9.